The van der Waals surface area contributed by atoms with Gasteiger partial charge in [-0.15, -0.1) is 0 Å². The van der Waals surface area contributed by atoms with Gasteiger partial charge < -0.3 is 15.5 Å². The molecule has 116 valence electrons. The Hall–Kier alpha value is -1.26. The number of hydrogen-bond donors (Lipinski definition) is 3. The number of carbonyl (C=O) groups is 1. The SMILES string of the molecule is CC1(C)CCC(O)(CNC(=O)c2cc(Cl)ccc2O)CC1. The summed E-state index contributed by atoms with van der Waals surface area (Å²) in [4.78, 5) is 12.1. The summed E-state index contributed by atoms with van der Waals surface area (Å²) in [6, 6.07) is 4.32. The van der Waals surface area contributed by atoms with Crippen LogP contribution in [0.25, 0.3) is 0 Å². The predicted octanol–water partition coefficient (Wildman–Crippen LogP) is 3.11. The predicted molar refractivity (Wildman–Crippen MR) is 82.6 cm³/mol. The zero-order valence-corrected chi connectivity index (χ0v) is 13.2. The van der Waals surface area contributed by atoms with E-state index in [1.807, 2.05) is 0 Å². The number of benzene rings is 1. The highest BCUT2D eigenvalue weighted by molar-refractivity contribution is 6.31. The maximum atomic E-state index is 12.1. The minimum Gasteiger partial charge on any atom is -0.507 e. The first kappa shape index (κ1) is 16.1. The maximum Gasteiger partial charge on any atom is 0.255 e. The van der Waals surface area contributed by atoms with Crippen LogP contribution in [-0.2, 0) is 0 Å². The van der Waals surface area contributed by atoms with Crippen LogP contribution < -0.4 is 5.32 Å². The van der Waals surface area contributed by atoms with E-state index in [9.17, 15) is 15.0 Å². The van der Waals surface area contributed by atoms with Gasteiger partial charge >= 0.3 is 0 Å². The first-order valence-corrected chi connectivity index (χ1v) is 7.58. The standard InChI is InChI=1S/C16H22ClNO3/c1-15(2)5-7-16(21,8-6-15)10-18-14(20)12-9-11(17)3-4-13(12)19/h3-4,9,19,21H,5-8,10H2,1-2H3,(H,18,20). The third-order valence-electron chi connectivity index (χ3n) is 4.32. The number of phenolic OH excluding ortho intramolecular Hbond substituents is 1. The van der Waals surface area contributed by atoms with E-state index in [1.54, 1.807) is 0 Å². The smallest absolute Gasteiger partial charge is 0.255 e. The lowest BCUT2D eigenvalue weighted by atomic mass is 9.71. The van der Waals surface area contributed by atoms with Crippen molar-refractivity contribution in [2.45, 2.75) is 45.1 Å². The molecule has 3 N–H and O–H groups in total. The first-order valence-electron chi connectivity index (χ1n) is 7.20. The van der Waals surface area contributed by atoms with E-state index in [0.29, 0.717) is 17.9 Å². The second-order valence-corrected chi connectivity index (χ2v) is 7.17. The van der Waals surface area contributed by atoms with Crippen molar-refractivity contribution >= 4 is 17.5 Å². The molecule has 1 saturated carbocycles. The van der Waals surface area contributed by atoms with Crippen LogP contribution in [0.3, 0.4) is 0 Å². The molecule has 0 aliphatic heterocycles. The molecule has 2 rings (SSSR count). The molecular formula is C16H22ClNO3. The maximum absolute atomic E-state index is 12.1. The first-order chi connectivity index (χ1) is 9.71. The molecule has 1 aliphatic rings. The van der Waals surface area contributed by atoms with Crippen LogP contribution >= 0.6 is 11.6 Å². The van der Waals surface area contributed by atoms with E-state index >= 15 is 0 Å². The lowest BCUT2D eigenvalue weighted by Gasteiger charge is -2.40. The highest BCUT2D eigenvalue weighted by Gasteiger charge is 2.36. The minimum absolute atomic E-state index is 0.117. The summed E-state index contributed by atoms with van der Waals surface area (Å²) in [5.41, 5.74) is -0.483. The molecule has 5 heteroatoms. The van der Waals surface area contributed by atoms with E-state index in [1.165, 1.54) is 18.2 Å². The van der Waals surface area contributed by atoms with Crippen LogP contribution in [0.4, 0.5) is 0 Å². The Bertz CT molecular complexity index is 532. The topological polar surface area (TPSA) is 69.6 Å². The molecule has 0 bridgehead atoms. The monoisotopic (exact) mass is 311 g/mol. The van der Waals surface area contributed by atoms with Crippen LogP contribution in [0.2, 0.25) is 5.02 Å². The summed E-state index contributed by atoms with van der Waals surface area (Å²) in [5.74, 6) is -0.540. The number of aromatic hydroxyl groups is 1. The van der Waals surface area contributed by atoms with Crippen LogP contribution in [0.15, 0.2) is 18.2 Å². The van der Waals surface area contributed by atoms with Gasteiger partial charge in [0.05, 0.1) is 11.2 Å². The Kier molecular flexibility index (Phi) is 4.49. The zero-order valence-electron chi connectivity index (χ0n) is 12.4. The molecule has 1 fully saturated rings. The summed E-state index contributed by atoms with van der Waals surface area (Å²) in [7, 11) is 0. The molecule has 1 amide bonds. The van der Waals surface area contributed by atoms with Gasteiger partial charge in [0.15, 0.2) is 0 Å². The van der Waals surface area contributed by atoms with Crippen molar-refractivity contribution in [1.29, 1.82) is 0 Å². The number of amides is 1. The lowest BCUT2D eigenvalue weighted by molar-refractivity contribution is -0.0233. The van der Waals surface area contributed by atoms with Crippen LogP contribution in [0.1, 0.15) is 49.9 Å². The molecule has 0 heterocycles. The van der Waals surface area contributed by atoms with E-state index in [0.717, 1.165) is 12.8 Å². The van der Waals surface area contributed by atoms with Crippen molar-refractivity contribution in [3.63, 3.8) is 0 Å². The largest absolute Gasteiger partial charge is 0.507 e. The fourth-order valence-electron chi connectivity index (χ4n) is 2.60. The molecular weight excluding hydrogens is 290 g/mol. The number of aliphatic hydroxyl groups is 1. The van der Waals surface area contributed by atoms with E-state index < -0.39 is 11.5 Å². The van der Waals surface area contributed by atoms with Crippen LogP contribution in [0.5, 0.6) is 5.75 Å². The molecule has 0 unspecified atom stereocenters. The average molecular weight is 312 g/mol. The van der Waals surface area contributed by atoms with Crippen molar-refractivity contribution < 1.29 is 15.0 Å². The Labute approximate surface area is 130 Å². The second-order valence-electron chi connectivity index (χ2n) is 6.73. The average Bonchev–Trinajstić information content (AvgIpc) is 2.43. The summed E-state index contributed by atoms with van der Waals surface area (Å²) in [5, 5.41) is 23.3. The Morgan fingerprint density at radius 3 is 2.52 bits per heavy atom. The number of phenols is 1. The molecule has 0 aromatic heterocycles. The zero-order chi connectivity index (χ0) is 15.7. The molecule has 0 atom stereocenters. The lowest BCUT2D eigenvalue weighted by Crippen LogP contribution is -2.46. The third kappa shape index (κ3) is 4.11. The third-order valence-corrected chi connectivity index (χ3v) is 4.55. The summed E-state index contributed by atoms with van der Waals surface area (Å²) in [6.45, 7) is 4.57. The van der Waals surface area contributed by atoms with Crippen molar-refractivity contribution in [2.75, 3.05) is 6.54 Å². The Morgan fingerprint density at radius 2 is 1.90 bits per heavy atom. The number of carbonyl (C=O) groups excluding carboxylic acids is 1. The molecule has 0 spiro atoms. The van der Waals surface area contributed by atoms with Gasteiger partial charge in [0.1, 0.15) is 5.75 Å². The highest BCUT2D eigenvalue weighted by atomic mass is 35.5. The van der Waals surface area contributed by atoms with Gasteiger partial charge in [-0.25, -0.2) is 0 Å². The van der Waals surface area contributed by atoms with Gasteiger partial charge in [-0.05, 0) is 49.3 Å². The van der Waals surface area contributed by atoms with Crippen LogP contribution in [-0.4, -0.2) is 28.3 Å². The fraction of sp³-hybridized carbons (Fsp3) is 0.562. The summed E-state index contributed by atoms with van der Waals surface area (Å²) in [6.07, 6.45) is 3.20. The summed E-state index contributed by atoms with van der Waals surface area (Å²) >= 11 is 5.83. The molecule has 4 nitrogen and oxygen atoms in total. The molecule has 1 aliphatic carbocycles. The highest BCUT2D eigenvalue weighted by Crippen LogP contribution is 2.39. The molecule has 0 radical (unpaired) electrons. The Morgan fingerprint density at radius 1 is 1.29 bits per heavy atom. The van der Waals surface area contributed by atoms with E-state index in [2.05, 4.69) is 19.2 Å². The van der Waals surface area contributed by atoms with Crippen molar-refractivity contribution in [2.24, 2.45) is 5.41 Å². The normalized spacial score (nSPS) is 20.0. The second kappa shape index (κ2) is 5.85. The number of hydrogen-bond acceptors (Lipinski definition) is 3. The number of halogens is 1. The van der Waals surface area contributed by atoms with E-state index in [4.69, 9.17) is 11.6 Å². The minimum atomic E-state index is -0.862. The Balaban J connectivity index is 1.97. The van der Waals surface area contributed by atoms with Crippen molar-refractivity contribution in [3.05, 3.63) is 28.8 Å². The van der Waals surface area contributed by atoms with Crippen LogP contribution in [0, 0.1) is 5.41 Å². The van der Waals surface area contributed by atoms with Gasteiger partial charge in [0, 0.05) is 11.6 Å². The quantitative estimate of drug-likeness (QED) is 0.803. The number of rotatable bonds is 3. The van der Waals surface area contributed by atoms with Gasteiger partial charge in [-0.2, -0.15) is 0 Å². The van der Waals surface area contributed by atoms with Gasteiger partial charge in [0.25, 0.3) is 5.91 Å². The summed E-state index contributed by atoms with van der Waals surface area (Å²) < 4.78 is 0. The van der Waals surface area contributed by atoms with E-state index in [-0.39, 0.29) is 23.3 Å². The van der Waals surface area contributed by atoms with Gasteiger partial charge in [-0.1, -0.05) is 25.4 Å². The molecule has 21 heavy (non-hydrogen) atoms. The van der Waals surface area contributed by atoms with Crippen molar-refractivity contribution in [3.8, 4) is 5.75 Å². The van der Waals surface area contributed by atoms with Crippen molar-refractivity contribution in [1.82, 2.24) is 5.32 Å². The number of nitrogens with one attached hydrogen (secondary N) is 1. The molecule has 1 aromatic carbocycles. The van der Waals surface area contributed by atoms with Gasteiger partial charge in [0.2, 0.25) is 0 Å². The molecule has 0 saturated heterocycles. The molecule has 1 aromatic rings. The fourth-order valence-corrected chi connectivity index (χ4v) is 2.77. The van der Waals surface area contributed by atoms with Gasteiger partial charge in [-0.3, -0.25) is 4.79 Å².